The minimum absolute atomic E-state index is 0.00737. The molecule has 4 N–H and O–H groups in total. The number of hydrogen-bond acceptors (Lipinski definition) is 3. The Morgan fingerprint density at radius 3 is 2.50 bits per heavy atom. The Hall–Kier alpha value is -2.68. The van der Waals surface area contributed by atoms with E-state index < -0.39 is 17.5 Å². The molecule has 3 aromatic rings. The molecule has 0 aliphatic heterocycles. The molecule has 144 valence electrons. The molecule has 0 aliphatic rings. The van der Waals surface area contributed by atoms with Gasteiger partial charge < -0.3 is 16.2 Å². The van der Waals surface area contributed by atoms with Gasteiger partial charge in [-0.1, -0.05) is 18.2 Å². The van der Waals surface area contributed by atoms with Crippen molar-refractivity contribution in [1.82, 2.24) is 0 Å². The first-order valence-electron chi connectivity index (χ1n) is 8.37. The molecule has 0 saturated heterocycles. The zero-order chi connectivity index (χ0) is 20.3. The van der Waals surface area contributed by atoms with Crippen molar-refractivity contribution in [3.8, 4) is 5.75 Å². The van der Waals surface area contributed by atoms with Crippen LogP contribution in [-0.2, 0) is 13.0 Å². The molecule has 0 bridgehead atoms. The average Bonchev–Trinajstić information content (AvgIpc) is 2.62. The number of amides is 1. The fraction of sp³-hybridized carbons (Fsp3) is 0.0952. The Morgan fingerprint density at radius 2 is 1.82 bits per heavy atom. The standard InChI is InChI=1S/C21H17F2IN2O2/c22-15-8-14(7-13-4-5-16(24)10-18(13)23)20(21(26)27)19(9-15)28-11-12-2-1-3-17(25)6-12/h1-6,8-10H,7,11,25H2,(H2,26,27). The first-order valence-corrected chi connectivity index (χ1v) is 9.44. The van der Waals surface area contributed by atoms with E-state index in [1.54, 1.807) is 36.4 Å². The Kier molecular flexibility index (Phi) is 6.13. The van der Waals surface area contributed by atoms with E-state index in [4.69, 9.17) is 16.2 Å². The normalized spacial score (nSPS) is 10.7. The molecule has 3 aromatic carbocycles. The highest BCUT2D eigenvalue weighted by molar-refractivity contribution is 14.1. The molecule has 0 spiro atoms. The summed E-state index contributed by atoms with van der Waals surface area (Å²) in [6, 6.07) is 14.0. The van der Waals surface area contributed by atoms with Crippen LogP contribution in [0.4, 0.5) is 14.5 Å². The van der Waals surface area contributed by atoms with Gasteiger partial charge in [-0.15, -0.1) is 0 Å². The predicted octanol–water partition coefficient (Wildman–Crippen LogP) is 4.42. The molecule has 1 amide bonds. The molecule has 4 nitrogen and oxygen atoms in total. The Balaban J connectivity index is 1.95. The van der Waals surface area contributed by atoms with Gasteiger partial charge in [-0.25, -0.2) is 8.78 Å². The smallest absolute Gasteiger partial charge is 0.252 e. The quantitative estimate of drug-likeness (QED) is 0.394. The van der Waals surface area contributed by atoms with Crippen LogP contribution in [0.2, 0.25) is 0 Å². The third-order valence-corrected chi connectivity index (χ3v) is 4.81. The molecule has 0 aromatic heterocycles. The maximum absolute atomic E-state index is 14.2. The van der Waals surface area contributed by atoms with Crippen molar-refractivity contribution in [2.45, 2.75) is 13.0 Å². The van der Waals surface area contributed by atoms with Crippen molar-refractivity contribution >= 4 is 34.2 Å². The average molecular weight is 494 g/mol. The van der Waals surface area contributed by atoms with Crippen molar-refractivity contribution in [3.63, 3.8) is 0 Å². The van der Waals surface area contributed by atoms with E-state index in [0.29, 0.717) is 11.3 Å². The predicted molar refractivity (Wildman–Crippen MR) is 112 cm³/mol. The maximum atomic E-state index is 14.2. The lowest BCUT2D eigenvalue weighted by atomic mass is 9.98. The van der Waals surface area contributed by atoms with Gasteiger partial charge in [-0.2, -0.15) is 0 Å². The number of benzene rings is 3. The van der Waals surface area contributed by atoms with Crippen molar-refractivity contribution < 1.29 is 18.3 Å². The van der Waals surface area contributed by atoms with Gasteiger partial charge in [0.1, 0.15) is 24.0 Å². The fourth-order valence-electron chi connectivity index (χ4n) is 2.88. The molecule has 0 unspecified atom stereocenters. The van der Waals surface area contributed by atoms with E-state index in [1.807, 2.05) is 22.6 Å². The number of ether oxygens (including phenoxy) is 1. The summed E-state index contributed by atoms with van der Waals surface area (Å²) < 4.78 is 34.8. The van der Waals surface area contributed by atoms with E-state index in [-0.39, 0.29) is 29.9 Å². The fourth-order valence-corrected chi connectivity index (χ4v) is 3.34. The second-order valence-corrected chi connectivity index (χ2v) is 7.49. The van der Waals surface area contributed by atoms with Gasteiger partial charge in [-0.3, -0.25) is 4.79 Å². The van der Waals surface area contributed by atoms with Crippen molar-refractivity contribution in [2.24, 2.45) is 5.73 Å². The molecule has 0 heterocycles. The van der Waals surface area contributed by atoms with Crippen molar-refractivity contribution in [1.29, 1.82) is 0 Å². The van der Waals surface area contributed by atoms with Crippen LogP contribution in [0.3, 0.4) is 0 Å². The van der Waals surface area contributed by atoms with Crippen LogP contribution in [0.5, 0.6) is 5.75 Å². The SMILES string of the molecule is NC(=O)c1c(Cc2ccc(I)cc2F)cc(F)cc1OCc1cccc(N)c1. The van der Waals surface area contributed by atoms with E-state index in [2.05, 4.69) is 0 Å². The van der Waals surface area contributed by atoms with Crippen LogP contribution in [0.1, 0.15) is 27.0 Å². The zero-order valence-electron chi connectivity index (χ0n) is 14.7. The topological polar surface area (TPSA) is 78.3 Å². The highest BCUT2D eigenvalue weighted by Crippen LogP contribution is 2.28. The number of nitrogens with two attached hydrogens (primary N) is 2. The number of carbonyl (C=O) groups is 1. The molecule has 0 aliphatic carbocycles. The van der Waals surface area contributed by atoms with Crippen LogP contribution >= 0.6 is 22.6 Å². The number of carbonyl (C=O) groups excluding carboxylic acids is 1. The first kappa shape index (κ1) is 20.1. The van der Waals surface area contributed by atoms with Gasteiger partial charge in [0, 0.05) is 21.7 Å². The first-order chi connectivity index (χ1) is 13.3. The lowest BCUT2D eigenvalue weighted by Crippen LogP contribution is -2.17. The van der Waals surface area contributed by atoms with Gasteiger partial charge in [0.2, 0.25) is 0 Å². The largest absolute Gasteiger partial charge is 0.488 e. The minimum Gasteiger partial charge on any atom is -0.488 e. The summed E-state index contributed by atoms with van der Waals surface area (Å²) in [5.74, 6) is -1.80. The van der Waals surface area contributed by atoms with E-state index in [9.17, 15) is 13.6 Å². The van der Waals surface area contributed by atoms with E-state index in [0.717, 1.165) is 15.2 Å². The molecular weight excluding hydrogens is 477 g/mol. The molecule has 3 rings (SSSR count). The van der Waals surface area contributed by atoms with Gasteiger partial charge in [0.15, 0.2) is 0 Å². The van der Waals surface area contributed by atoms with Gasteiger partial charge in [0.25, 0.3) is 5.91 Å². The lowest BCUT2D eigenvalue weighted by Gasteiger charge is -2.15. The number of halogens is 3. The monoisotopic (exact) mass is 494 g/mol. The Labute approximate surface area is 174 Å². The van der Waals surface area contributed by atoms with E-state index in [1.165, 1.54) is 12.1 Å². The Bertz CT molecular complexity index is 1040. The highest BCUT2D eigenvalue weighted by atomic mass is 127. The minimum atomic E-state index is -0.775. The number of primary amides is 1. The molecule has 0 saturated carbocycles. The summed E-state index contributed by atoms with van der Waals surface area (Å²) in [6.45, 7) is 0.0755. The van der Waals surface area contributed by atoms with Crippen LogP contribution in [0.15, 0.2) is 54.6 Å². The second-order valence-electron chi connectivity index (χ2n) is 6.25. The highest BCUT2D eigenvalue weighted by Gasteiger charge is 2.19. The Morgan fingerprint density at radius 1 is 1.04 bits per heavy atom. The summed E-state index contributed by atoms with van der Waals surface area (Å²) in [5, 5.41) is 0. The number of hydrogen-bond donors (Lipinski definition) is 2. The van der Waals surface area contributed by atoms with Gasteiger partial charge in [-0.05, 0) is 69.6 Å². The summed E-state index contributed by atoms with van der Waals surface area (Å²) in [6.07, 6.45) is 0.00737. The molecular formula is C21H17F2IN2O2. The summed E-state index contributed by atoms with van der Waals surface area (Å²) in [5.41, 5.74) is 13.2. The molecule has 7 heteroatoms. The number of anilines is 1. The van der Waals surface area contributed by atoms with Crippen molar-refractivity contribution in [2.75, 3.05) is 5.73 Å². The third kappa shape index (κ3) is 4.78. The van der Waals surface area contributed by atoms with Crippen LogP contribution in [-0.4, -0.2) is 5.91 Å². The summed E-state index contributed by atoms with van der Waals surface area (Å²) in [7, 11) is 0. The zero-order valence-corrected chi connectivity index (χ0v) is 16.9. The second kappa shape index (κ2) is 8.55. The molecule has 0 atom stereocenters. The van der Waals surface area contributed by atoms with Crippen LogP contribution < -0.4 is 16.2 Å². The molecule has 0 radical (unpaired) electrons. The lowest BCUT2D eigenvalue weighted by molar-refractivity contribution is 0.0995. The molecule has 28 heavy (non-hydrogen) atoms. The summed E-state index contributed by atoms with van der Waals surface area (Å²) >= 11 is 2.00. The van der Waals surface area contributed by atoms with E-state index >= 15 is 0 Å². The number of nitrogen functional groups attached to an aromatic ring is 1. The molecule has 0 fully saturated rings. The van der Waals surface area contributed by atoms with Crippen molar-refractivity contribution in [3.05, 3.63) is 92.1 Å². The van der Waals surface area contributed by atoms with Gasteiger partial charge in [0.05, 0.1) is 5.56 Å². The van der Waals surface area contributed by atoms with Crippen LogP contribution in [0.25, 0.3) is 0 Å². The van der Waals surface area contributed by atoms with Crippen LogP contribution in [0, 0.1) is 15.2 Å². The maximum Gasteiger partial charge on any atom is 0.252 e. The third-order valence-electron chi connectivity index (χ3n) is 4.14. The number of rotatable bonds is 6. The summed E-state index contributed by atoms with van der Waals surface area (Å²) in [4.78, 5) is 12.1. The van der Waals surface area contributed by atoms with Gasteiger partial charge >= 0.3 is 0 Å².